The van der Waals surface area contributed by atoms with Gasteiger partial charge < -0.3 is 20.4 Å². The molecule has 2 unspecified atom stereocenters. The zero-order valence-electron chi connectivity index (χ0n) is 11.0. The molecule has 0 bridgehead atoms. The van der Waals surface area contributed by atoms with Crippen LogP contribution in [0.1, 0.15) is 38.5 Å². The Bertz CT molecular complexity index is 340. The Labute approximate surface area is 112 Å². The third-order valence-electron chi connectivity index (χ3n) is 4.17. The monoisotopic (exact) mass is 270 g/mol. The molecule has 1 aliphatic carbocycles. The number of nitrogens with one attached hydrogen (secondary N) is 1. The van der Waals surface area contributed by atoms with E-state index in [4.69, 9.17) is 5.11 Å². The lowest BCUT2D eigenvalue weighted by Crippen LogP contribution is -2.52. The van der Waals surface area contributed by atoms with E-state index >= 15 is 0 Å². The smallest absolute Gasteiger partial charge is 0.317 e. The first-order chi connectivity index (χ1) is 9.08. The lowest BCUT2D eigenvalue weighted by molar-refractivity contribution is -0.143. The maximum atomic E-state index is 12.0. The van der Waals surface area contributed by atoms with Crippen LogP contribution in [0.2, 0.25) is 0 Å². The quantitative estimate of drug-likeness (QED) is 0.692. The number of nitrogens with zero attached hydrogens (tertiary/aromatic N) is 1. The first-order valence-corrected chi connectivity index (χ1v) is 7.04. The van der Waals surface area contributed by atoms with Crippen LogP contribution in [-0.4, -0.2) is 52.3 Å². The van der Waals surface area contributed by atoms with E-state index in [2.05, 4.69) is 5.32 Å². The molecule has 0 aromatic rings. The number of likely N-dealkylation sites (tertiary alicyclic amines) is 1. The molecule has 3 N–H and O–H groups in total. The summed E-state index contributed by atoms with van der Waals surface area (Å²) in [4.78, 5) is 24.5. The van der Waals surface area contributed by atoms with E-state index in [0.29, 0.717) is 25.9 Å². The third kappa shape index (κ3) is 3.59. The highest BCUT2D eigenvalue weighted by molar-refractivity contribution is 5.75. The number of carboxylic acid groups (broad SMARTS) is 1. The molecule has 108 valence electrons. The van der Waals surface area contributed by atoms with Gasteiger partial charge in [0.2, 0.25) is 0 Å². The molecule has 2 fully saturated rings. The molecule has 2 aliphatic rings. The van der Waals surface area contributed by atoms with Crippen LogP contribution in [0, 0.1) is 5.92 Å². The fourth-order valence-corrected chi connectivity index (χ4v) is 2.86. The molecule has 2 rings (SSSR count). The van der Waals surface area contributed by atoms with E-state index in [-0.39, 0.29) is 18.0 Å². The second-order valence-electron chi connectivity index (χ2n) is 5.51. The Morgan fingerprint density at radius 3 is 2.26 bits per heavy atom. The molecule has 0 radical (unpaired) electrons. The number of aliphatic carboxylic acids is 1. The lowest BCUT2D eigenvalue weighted by atomic mass is 9.92. The molecule has 6 heteroatoms. The van der Waals surface area contributed by atoms with Gasteiger partial charge in [-0.15, -0.1) is 0 Å². The average molecular weight is 270 g/mol. The summed E-state index contributed by atoms with van der Waals surface area (Å²) in [6, 6.07) is -0.326. The molecule has 1 saturated carbocycles. The van der Waals surface area contributed by atoms with Gasteiger partial charge in [-0.25, -0.2) is 4.79 Å². The van der Waals surface area contributed by atoms with Crippen molar-refractivity contribution in [1.82, 2.24) is 10.2 Å². The van der Waals surface area contributed by atoms with E-state index in [0.717, 1.165) is 25.7 Å². The van der Waals surface area contributed by atoms with Gasteiger partial charge in [0.05, 0.1) is 18.1 Å². The predicted molar refractivity (Wildman–Crippen MR) is 68.7 cm³/mol. The van der Waals surface area contributed by atoms with Crippen LogP contribution in [0.5, 0.6) is 0 Å². The van der Waals surface area contributed by atoms with E-state index in [1.54, 1.807) is 4.90 Å². The lowest BCUT2D eigenvalue weighted by Gasteiger charge is -2.34. The Hall–Kier alpha value is -1.30. The minimum atomic E-state index is -0.775. The van der Waals surface area contributed by atoms with Crippen molar-refractivity contribution in [2.75, 3.05) is 13.1 Å². The van der Waals surface area contributed by atoms with Gasteiger partial charge in [-0.05, 0) is 25.7 Å². The van der Waals surface area contributed by atoms with E-state index in [9.17, 15) is 14.7 Å². The van der Waals surface area contributed by atoms with Crippen molar-refractivity contribution in [3.63, 3.8) is 0 Å². The topological polar surface area (TPSA) is 89.9 Å². The number of rotatable bonds is 2. The highest BCUT2D eigenvalue weighted by Gasteiger charge is 2.30. The van der Waals surface area contributed by atoms with Gasteiger partial charge in [-0.3, -0.25) is 4.79 Å². The molecule has 2 amide bonds. The summed E-state index contributed by atoms with van der Waals surface area (Å²) >= 11 is 0. The van der Waals surface area contributed by atoms with Crippen LogP contribution in [0.15, 0.2) is 0 Å². The number of aliphatic hydroxyl groups is 1. The SMILES string of the molecule is O=C(O)C1CCN(C(=O)NC2CCCCC2O)CC1. The van der Waals surface area contributed by atoms with E-state index in [1.807, 2.05) is 0 Å². The fraction of sp³-hybridized carbons (Fsp3) is 0.846. The largest absolute Gasteiger partial charge is 0.481 e. The number of carbonyl (C=O) groups excluding carboxylic acids is 1. The number of hydrogen-bond donors (Lipinski definition) is 3. The number of carboxylic acids is 1. The number of hydrogen-bond acceptors (Lipinski definition) is 3. The number of aliphatic hydroxyl groups excluding tert-OH is 1. The molecule has 6 nitrogen and oxygen atoms in total. The standard InChI is InChI=1S/C13H22N2O4/c16-11-4-2-1-3-10(11)14-13(19)15-7-5-9(6-8-15)12(17)18/h9-11,16H,1-8H2,(H,14,19)(H,17,18). The number of amides is 2. The summed E-state index contributed by atoms with van der Waals surface area (Å²) in [5.74, 6) is -1.10. The highest BCUT2D eigenvalue weighted by atomic mass is 16.4. The number of piperidine rings is 1. The fourth-order valence-electron chi connectivity index (χ4n) is 2.86. The van der Waals surface area contributed by atoms with Gasteiger partial charge in [-0.2, -0.15) is 0 Å². The van der Waals surface area contributed by atoms with Crippen LogP contribution in [0.3, 0.4) is 0 Å². The first kappa shape index (κ1) is 14.1. The van der Waals surface area contributed by atoms with Crippen molar-refractivity contribution in [3.05, 3.63) is 0 Å². The zero-order chi connectivity index (χ0) is 13.8. The van der Waals surface area contributed by atoms with Crippen LogP contribution in [0.4, 0.5) is 4.79 Å². The second-order valence-corrected chi connectivity index (χ2v) is 5.51. The van der Waals surface area contributed by atoms with Crippen LogP contribution in [-0.2, 0) is 4.79 Å². The second kappa shape index (κ2) is 6.23. The van der Waals surface area contributed by atoms with Crippen LogP contribution in [0.25, 0.3) is 0 Å². The van der Waals surface area contributed by atoms with Gasteiger partial charge in [0.1, 0.15) is 0 Å². The van der Waals surface area contributed by atoms with Crippen molar-refractivity contribution < 1.29 is 19.8 Å². The number of urea groups is 1. The summed E-state index contributed by atoms with van der Waals surface area (Å²) in [7, 11) is 0. The summed E-state index contributed by atoms with van der Waals surface area (Å²) in [5, 5.41) is 21.6. The number of carbonyl (C=O) groups is 2. The molecule has 0 aromatic heterocycles. The molecule has 19 heavy (non-hydrogen) atoms. The highest BCUT2D eigenvalue weighted by Crippen LogP contribution is 2.20. The molecule has 1 saturated heterocycles. The minimum Gasteiger partial charge on any atom is -0.481 e. The summed E-state index contributed by atoms with van der Waals surface area (Å²) in [6.07, 6.45) is 4.17. The van der Waals surface area contributed by atoms with E-state index in [1.165, 1.54) is 0 Å². The normalized spacial score (nSPS) is 29.0. The molecule has 0 spiro atoms. The van der Waals surface area contributed by atoms with Gasteiger partial charge >= 0.3 is 12.0 Å². The first-order valence-electron chi connectivity index (χ1n) is 7.04. The third-order valence-corrected chi connectivity index (χ3v) is 4.17. The van der Waals surface area contributed by atoms with Crippen molar-refractivity contribution in [2.45, 2.75) is 50.7 Å². The van der Waals surface area contributed by atoms with Gasteiger partial charge in [-0.1, -0.05) is 12.8 Å². The molecule has 1 heterocycles. The van der Waals surface area contributed by atoms with E-state index < -0.39 is 12.1 Å². The van der Waals surface area contributed by atoms with Gasteiger partial charge in [0.15, 0.2) is 0 Å². The summed E-state index contributed by atoms with van der Waals surface area (Å²) in [6.45, 7) is 0.956. The van der Waals surface area contributed by atoms with Crippen molar-refractivity contribution in [1.29, 1.82) is 0 Å². The van der Waals surface area contributed by atoms with Crippen molar-refractivity contribution >= 4 is 12.0 Å². The molecule has 2 atom stereocenters. The van der Waals surface area contributed by atoms with Crippen LogP contribution < -0.4 is 5.32 Å². The molecular weight excluding hydrogens is 248 g/mol. The molecular formula is C13H22N2O4. The maximum Gasteiger partial charge on any atom is 0.317 e. The Kier molecular flexibility index (Phi) is 4.63. The average Bonchev–Trinajstić information content (AvgIpc) is 2.41. The van der Waals surface area contributed by atoms with Crippen molar-refractivity contribution in [2.24, 2.45) is 5.92 Å². The molecule has 0 aromatic carbocycles. The Balaban J connectivity index is 1.79. The summed E-state index contributed by atoms with van der Waals surface area (Å²) < 4.78 is 0. The predicted octanol–water partition coefficient (Wildman–Crippen LogP) is 0.796. The minimum absolute atomic E-state index is 0.154. The van der Waals surface area contributed by atoms with Gasteiger partial charge in [0.25, 0.3) is 0 Å². The maximum absolute atomic E-state index is 12.0. The van der Waals surface area contributed by atoms with Crippen molar-refractivity contribution in [3.8, 4) is 0 Å². The Morgan fingerprint density at radius 1 is 1.05 bits per heavy atom. The Morgan fingerprint density at radius 2 is 1.68 bits per heavy atom. The van der Waals surface area contributed by atoms with Crippen LogP contribution >= 0.6 is 0 Å². The zero-order valence-corrected chi connectivity index (χ0v) is 11.0. The summed E-state index contributed by atoms with van der Waals surface area (Å²) in [5.41, 5.74) is 0. The van der Waals surface area contributed by atoms with Gasteiger partial charge in [0, 0.05) is 13.1 Å². The molecule has 1 aliphatic heterocycles.